The summed E-state index contributed by atoms with van der Waals surface area (Å²) in [5, 5.41) is 3.40. The van der Waals surface area contributed by atoms with Crippen molar-refractivity contribution in [1.29, 1.82) is 0 Å². The highest BCUT2D eigenvalue weighted by Crippen LogP contribution is 2.24. The normalized spacial score (nSPS) is 10.3. The minimum Gasteiger partial charge on any atom is -0.483 e. The summed E-state index contributed by atoms with van der Waals surface area (Å²) >= 11 is 5.80. The van der Waals surface area contributed by atoms with Gasteiger partial charge in [0.2, 0.25) is 0 Å². The van der Waals surface area contributed by atoms with Crippen LogP contribution in [0.25, 0.3) is 0 Å². The van der Waals surface area contributed by atoms with Crippen molar-refractivity contribution >= 4 is 23.2 Å². The number of benzene rings is 2. The smallest absolute Gasteiger partial charge is 0.262 e. The van der Waals surface area contributed by atoms with Crippen LogP contribution in [0.4, 0.5) is 5.69 Å². The van der Waals surface area contributed by atoms with Gasteiger partial charge >= 0.3 is 0 Å². The molecule has 2 rings (SSSR count). The Morgan fingerprint density at radius 3 is 2.24 bits per heavy atom. The van der Waals surface area contributed by atoms with E-state index in [1.807, 2.05) is 32.9 Å². The van der Waals surface area contributed by atoms with Gasteiger partial charge in [-0.05, 0) is 56.2 Å². The first kappa shape index (κ1) is 15.4. The molecule has 0 aromatic heterocycles. The van der Waals surface area contributed by atoms with Crippen LogP contribution in [0.5, 0.6) is 5.75 Å². The van der Waals surface area contributed by atoms with Crippen molar-refractivity contribution in [2.45, 2.75) is 20.8 Å². The SMILES string of the molecule is Cc1cc(C)c(OCC(=O)Nc2ccc(Cl)cc2)c(C)c1. The molecule has 0 spiro atoms. The Kier molecular flexibility index (Phi) is 4.86. The highest BCUT2D eigenvalue weighted by molar-refractivity contribution is 6.30. The number of hydrogen-bond donors (Lipinski definition) is 1. The Bertz CT molecular complexity index is 627. The third kappa shape index (κ3) is 4.23. The molecular formula is C17H18ClNO2. The van der Waals surface area contributed by atoms with Gasteiger partial charge in [-0.3, -0.25) is 4.79 Å². The molecule has 1 amide bonds. The molecule has 0 aliphatic rings. The highest BCUT2D eigenvalue weighted by Gasteiger charge is 2.08. The molecule has 2 aromatic rings. The number of aryl methyl sites for hydroxylation is 3. The summed E-state index contributed by atoms with van der Waals surface area (Å²) < 4.78 is 5.64. The molecule has 2 aromatic carbocycles. The summed E-state index contributed by atoms with van der Waals surface area (Å²) in [5.41, 5.74) is 3.95. The Hall–Kier alpha value is -2.00. The van der Waals surface area contributed by atoms with Gasteiger partial charge in [0.05, 0.1) is 0 Å². The first-order valence-corrected chi connectivity index (χ1v) is 7.09. The van der Waals surface area contributed by atoms with Gasteiger partial charge in [-0.2, -0.15) is 0 Å². The van der Waals surface area contributed by atoms with Gasteiger partial charge in [-0.15, -0.1) is 0 Å². The molecule has 4 heteroatoms. The molecule has 1 N–H and O–H groups in total. The molecule has 0 atom stereocenters. The first-order valence-electron chi connectivity index (χ1n) is 6.72. The molecule has 0 saturated carbocycles. The quantitative estimate of drug-likeness (QED) is 0.915. The molecule has 3 nitrogen and oxygen atoms in total. The van der Waals surface area contributed by atoms with E-state index in [0.29, 0.717) is 10.7 Å². The lowest BCUT2D eigenvalue weighted by Gasteiger charge is -2.13. The fraction of sp³-hybridized carbons (Fsp3) is 0.235. The van der Waals surface area contributed by atoms with Crippen molar-refractivity contribution in [2.24, 2.45) is 0 Å². The van der Waals surface area contributed by atoms with Crippen LogP contribution in [-0.4, -0.2) is 12.5 Å². The Labute approximate surface area is 129 Å². The van der Waals surface area contributed by atoms with Crippen molar-refractivity contribution in [3.05, 3.63) is 58.1 Å². The molecule has 0 aliphatic carbocycles. The van der Waals surface area contributed by atoms with Gasteiger partial charge in [0, 0.05) is 10.7 Å². The van der Waals surface area contributed by atoms with Crippen molar-refractivity contribution in [1.82, 2.24) is 0 Å². The van der Waals surface area contributed by atoms with Crippen LogP contribution >= 0.6 is 11.6 Å². The van der Waals surface area contributed by atoms with Gasteiger partial charge in [-0.25, -0.2) is 0 Å². The molecule has 0 bridgehead atoms. The van der Waals surface area contributed by atoms with Crippen LogP contribution in [0.3, 0.4) is 0 Å². The number of halogens is 1. The van der Waals surface area contributed by atoms with E-state index in [1.165, 1.54) is 5.56 Å². The van der Waals surface area contributed by atoms with Crippen LogP contribution in [0.1, 0.15) is 16.7 Å². The minimum atomic E-state index is -0.198. The van der Waals surface area contributed by atoms with Gasteiger partial charge in [0.25, 0.3) is 5.91 Å². The van der Waals surface area contributed by atoms with Gasteiger partial charge in [0.1, 0.15) is 5.75 Å². The fourth-order valence-electron chi connectivity index (χ4n) is 2.26. The van der Waals surface area contributed by atoms with Crippen molar-refractivity contribution < 1.29 is 9.53 Å². The number of ether oxygens (including phenoxy) is 1. The van der Waals surface area contributed by atoms with Crippen LogP contribution in [0.2, 0.25) is 5.02 Å². The summed E-state index contributed by atoms with van der Waals surface area (Å²) in [6.07, 6.45) is 0. The minimum absolute atomic E-state index is 0.0205. The van der Waals surface area contributed by atoms with E-state index in [2.05, 4.69) is 5.32 Å². The van der Waals surface area contributed by atoms with Crippen molar-refractivity contribution in [3.63, 3.8) is 0 Å². The lowest BCUT2D eigenvalue weighted by atomic mass is 10.1. The van der Waals surface area contributed by atoms with E-state index in [0.717, 1.165) is 16.9 Å². The van der Waals surface area contributed by atoms with Crippen LogP contribution in [-0.2, 0) is 4.79 Å². The number of anilines is 1. The van der Waals surface area contributed by atoms with E-state index in [9.17, 15) is 4.79 Å². The molecule has 0 radical (unpaired) electrons. The lowest BCUT2D eigenvalue weighted by molar-refractivity contribution is -0.118. The third-order valence-electron chi connectivity index (χ3n) is 3.08. The third-order valence-corrected chi connectivity index (χ3v) is 3.33. The Morgan fingerprint density at radius 2 is 1.67 bits per heavy atom. The number of carbonyl (C=O) groups excluding carboxylic acids is 1. The molecule has 0 unspecified atom stereocenters. The van der Waals surface area contributed by atoms with E-state index >= 15 is 0 Å². The first-order chi connectivity index (χ1) is 9.95. The van der Waals surface area contributed by atoms with Crippen LogP contribution < -0.4 is 10.1 Å². The standard InChI is InChI=1S/C17H18ClNO2/c1-11-8-12(2)17(13(3)9-11)21-10-16(20)19-15-6-4-14(18)5-7-15/h4-9H,10H2,1-3H3,(H,19,20). The van der Waals surface area contributed by atoms with E-state index in [1.54, 1.807) is 24.3 Å². The molecular weight excluding hydrogens is 286 g/mol. The predicted molar refractivity (Wildman–Crippen MR) is 86.2 cm³/mol. The van der Waals surface area contributed by atoms with Crippen molar-refractivity contribution in [3.8, 4) is 5.75 Å². The maximum absolute atomic E-state index is 11.9. The van der Waals surface area contributed by atoms with E-state index in [4.69, 9.17) is 16.3 Å². The topological polar surface area (TPSA) is 38.3 Å². The zero-order chi connectivity index (χ0) is 15.4. The Balaban J connectivity index is 1.97. The molecule has 21 heavy (non-hydrogen) atoms. The number of rotatable bonds is 4. The largest absolute Gasteiger partial charge is 0.483 e. The average molecular weight is 304 g/mol. The van der Waals surface area contributed by atoms with Crippen LogP contribution in [0.15, 0.2) is 36.4 Å². The summed E-state index contributed by atoms with van der Waals surface area (Å²) in [6, 6.07) is 11.0. The van der Waals surface area contributed by atoms with E-state index < -0.39 is 0 Å². The number of nitrogens with one attached hydrogen (secondary N) is 1. The lowest BCUT2D eigenvalue weighted by Crippen LogP contribution is -2.20. The summed E-state index contributed by atoms with van der Waals surface area (Å²) in [4.78, 5) is 11.9. The highest BCUT2D eigenvalue weighted by atomic mass is 35.5. The maximum Gasteiger partial charge on any atom is 0.262 e. The molecule has 0 saturated heterocycles. The number of hydrogen-bond acceptors (Lipinski definition) is 2. The average Bonchev–Trinajstić information content (AvgIpc) is 2.40. The number of carbonyl (C=O) groups is 1. The van der Waals surface area contributed by atoms with Crippen molar-refractivity contribution in [2.75, 3.05) is 11.9 Å². The zero-order valence-corrected chi connectivity index (χ0v) is 13.1. The molecule has 110 valence electrons. The summed E-state index contributed by atoms with van der Waals surface area (Å²) in [6.45, 7) is 5.98. The van der Waals surface area contributed by atoms with Gasteiger partial charge in [-0.1, -0.05) is 29.3 Å². The van der Waals surface area contributed by atoms with Crippen LogP contribution in [0, 0.1) is 20.8 Å². The summed E-state index contributed by atoms with van der Waals surface area (Å²) in [7, 11) is 0. The second-order valence-corrected chi connectivity index (χ2v) is 5.51. The maximum atomic E-state index is 11.9. The fourth-order valence-corrected chi connectivity index (χ4v) is 2.39. The predicted octanol–water partition coefficient (Wildman–Crippen LogP) is 4.28. The molecule has 0 aliphatic heterocycles. The van der Waals surface area contributed by atoms with E-state index in [-0.39, 0.29) is 12.5 Å². The number of amides is 1. The molecule has 0 heterocycles. The second kappa shape index (κ2) is 6.64. The summed E-state index contributed by atoms with van der Waals surface area (Å²) in [5.74, 6) is 0.573. The van der Waals surface area contributed by atoms with Gasteiger partial charge in [0.15, 0.2) is 6.61 Å². The Morgan fingerprint density at radius 1 is 1.10 bits per heavy atom. The monoisotopic (exact) mass is 303 g/mol. The second-order valence-electron chi connectivity index (χ2n) is 5.07. The molecule has 0 fully saturated rings. The zero-order valence-electron chi connectivity index (χ0n) is 12.4. The van der Waals surface area contributed by atoms with Gasteiger partial charge < -0.3 is 10.1 Å².